The molecule has 4 rings (SSSR count). The molecule has 2 heterocycles. The van der Waals surface area contributed by atoms with Crippen LogP contribution in [0.5, 0.6) is 0 Å². The summed E-state index contributed by atoms with van der Waals surface area (Å²) in [5.41, 5.74) is 3.78. The number of hydrogen-bond donors (Lipinski definition) is 0. The lowest BCUT2D eigenvalue weighted by molar-refractivity contribution is 0.544. The fourth-order valence-corrected chi connectivity index (χ4v) is 2.30. The van der Waals surface area contributed by atoms with Crippen molar-refractivity contribution in [1.29, 1.82) is 0 Å². The van der Waals surface area contributed by atoms with Crippen molar-refractivity contribution in [3.63, 3.8) is 0 Å². The molecule has 0 saturated carbocycles. The third kappa shape index (κ3) is 2.29. The first-order valence-corrected chi connectivity index (χ1v) is 6.67. The second kappa shape index (κ2) is 4.86. The first-order valence-electron chi connectivity index (χ1n) is 6.67. The van der Waals surface area contributed by atoms with E-state index in [1.165, 1.54) is 5.56 Å². The molecule has 0 amide bonds. The number of fused-ring (bicyclic) bond motifs is 1. The molecule has 0 aliphatic heterocycles. The molecule has 0 radical (unpaired) electrons. The van der Waals surface area contributed by atoms with Crippen LogP contribution in [-0.4, -0.2) is 19.7 Å². The second-order valence-electron chi connectivity index (χ2n) is 4.79. The van der Waals surface area contributed by atoms with E-state index in [1.807, 2.05) is 41.0 Å². The molecule has 0 aliphatic rings. The lowest BCUT2D eigenvalue weighted by Crippen LogP contribution is -1.89. The average Bonchev–Trinajstić information content (AvgIpc) is 3.16. The van der Waals surface area contributed by atoms with E-state index < -0.39 is 0 Å². The molecular formula is C16H12N4O. The third-order valence-electron chi connectivity index (χ3n) is 3.33. The molecule has 2 aromatic heterocycles. The lowest BCUT2D eigenvalue weighted by atomic mass is 10.1. The zero-order valence-electron chi connectivity index (χ0n) is 11.2. The van der Waals surface area contributed by atoms with E-state index in [2.05, 4.69) is 27.3 Å². The van der Waals surface area contributed by atoms with Crippen molar-refractivity contribution in [1.82, 2.24) is 19.7 Å². The van der Waals surface area contributed by atoms with Crippen LogP contribution in [-0.2, 0) is 6.42 Å². The fourth-order valence-electron chi connectivity index (χ4n) is 2.30. The van der Waals surface area contributed by atoms with Gasteiger partial charge in [-0.2, -0.15) is 0 Å². The van der Waals surface area contributed by atoms with Crippen molar-refractivity contribution in [3.8, 4) is 5.69 Å². The van der Waals surface area contributed by atoms with Crippen LogP contribution in [0.25, 0.3) is 16.8 Å². The number of nitrogens with zero attached hydrogens (tertiary/aromatic N) is 4. The topological polar surface area (TPSA) is 56.7 Å². The van der Waals surface area contributed by atoms with Gasteiger partial charge in [-0.15, -0.1) is 10.2 Å². The number of hydrogen-bond acceptors (Lipinski definition) is 4. The van der Waals surface area contributed by atoms with Gasteiger partial charge in [0, 0.05) is 6.42 Å². The minimum atomic E-state index is 0.692. The zero-order chi connectivity index (χ0) is 14.1. The molecule has 0 bridgehead atoms. The molecule has 0 N–H and O–H groups in total. The second-order valence-corrected chi connectivity index (χ2v) is 4.79. The highest BCUT2D eigenvalue weighted by molar-refractivity contribution is 5.75. The number of oxazole rings is 1. The highest BCUT2D eigenvalue weighted by Crippen LogP contribution is 2.20. The predicted molar refractivity (Wildman–Crippen MR) is 78.2 cm³/mol. The van der Waals surface area contributed by atoms with E-state index in [1.54, 1.807) is 12.7 Å². The van der Waals surface area contributed by atoms with Gasteiger partial charge in [0.2, 0.25) is 0 Å². The Morgan fingerprint density at radius 2 is 1.76 bits per heavy atom. The van der Waals surface area contributed by atoms with Crippen molar-refractivity contribution in [2.75, 3.05) is 0 Å². The summed E-state index contributed by atoms with van der Waals surface area (Å²) in [5.74, 6) is 0.720. The van der Waals surface area contributed by atoms with Gasteiger partial charge in [-0.3, -0.25) is 4.57 Å². The molecule has 0 aliphatic carbocycles. The molecule has 0 spiro atoms. The Morgan fingerprint density at radius 1 is 0.952 bits per heavy atom. The van der Waals surface area contributed by atoms with Crippen molar-refractivity contribution >= 4 is 11.1 Å². The molecule has 102 valence electrons. The molecule has 5 nitrogen and oxygen atoms in total. The summed E-state index contributed by atoms with van der Waals surface area (Å²) in [6, 6.07) is 16.0. The quantitative estimate of drug-likeness (QED) is 0.577. The summed E-state index contributed by atoms with van der Waals surface area (Å²) in [4.78, 5) is 4.56. The Morgan fingerprint density at radius 3 is 2.57 bits per heavy atom. The molecule has 2 aromatic carbocycles. The zero-order valence-corrected chi connectivity index (χ0v) is 11.2. The lowest BCUT2D eigenvalue weighted by Gasteiger charge is -1.98. The van der Waals surface area contributed by atoms with E-state index in [4.69, 9.17) is 4.42 Å². The fraction of sp³-hybridized carbons (Fsp3) is 0.0625. The van der Waals surface area contributed by atoms with Gasteiger partial charge in [0.15, 0.2) is 11.5 Å². The standard InChI is InChI=1S/C16H12N4O/c1-2-4-12(5-3-1)8-16-19-14-9-13(6-7-15(14)21-16)20-10-17-18-11-20/h1-7,9-11H,8H2. The van der Waals surface area contributed by atoms with Gasteiger partial charge in [0.1, 0.15) is 18.2 Å². The number of benzene rings is 2. The summed E-state index contributed by atoms with van der Waals surface area (Å²) in [6.07, 6.45) is 4.01. The minimum Gasteiger partial charge on any atom is -0.440 e. The van der Waals surface area contributed by atoms with E-state index in [9.17, 15) is 0 Å². The van der Waals surface area contributed by atoms with Gasteiger partial charge in [0.05, 0.1) is 5.69 Å². The van der Waals surface area contributed by atoms with Gasteiger partial charge < -0.3 is 4.42 Å². The minimum absolute atomic E-state index is 0.692. The van der Waals surface area contributed by atoms with Crippen molar-refractivity contribution in [2.45, 2.75) is 6.42 Å². The summed E-state index contributed by atoms with van der Waals surface area (Å²) < 4.78 is 7.63. The van der Waals surface area contributed by atoms with Gasteiger partial charge in [-0.1, -0.05) is 30.3 Å². The Hall–Kier alpha value is -2.95. The van der Waals surface area contributed by atoms with Crippen molar-refractivity contribution in [3.05, 3.63) is 72.6 Å². The molecular weight excluding hydrogens is 264 g/mol. The molecule has 21 heavy (non-hydrogen) atoms. The van der Waals surface area contributed by atoms with Gasteiger partial charge in [-0.25, -0.2) is 4.98 Å². The van der Waals surface area contributed by atoms with Crippen LogP contribution in [0.1, 0.15) is 11.5 Å². The van der Waals surface area contributed by atoms with Gasteiger partial charge in [-0.05, 0) is 23.8 Å². The normalized spacial score (nSPS) is 11.0. The smallest absolute Gasteiger partial charge is 0.199 e. The largest absolute Gasteiger partial charge is 0.440 e. The van der Waals surface area contributed by atoms with Crippen LogP contribution in [0.15, 0.2) is 65.6 Å². The van der Waals surface area contributed by atoms with E-state index in [-0.39, 0.29) is 0 Å². The number of rotatable bonds is 3. The first-order chi connectivity index (χ1) is 10.4. The van der Waals surface area contributed by atoms with Gasteiger partial charge >= 0.3 is 0 Å². The van der Waals surface area contributed by atoms with Crippen molar-refractivity contribution < 1.29 is 4.42 Å². The Balaban J connectivity index is 1.70. The summed E-state index contributed by atoms with van der Waals surface area (Å²) in [6.45, 7) is 0. The van der Waals surface area contributed by atoms with Crippen LogP contribution < -0.4 is 0 Å². The van der Waals surface area contributed by atoms with Crippen LogP contribution >= 0.6 is 0 Å². The third-order valence-corrected chi connectivity index (χ3v) is 3.33. The van der Waals surface area contributed by atoms with Crippen LogP contribution in [0, 0.1) is 0 Å². The molecule has 0 fully saturated rings. The van der Waals surface area contributed by atoms with Crippen LogP contribution in [0.4, 0.5) is 0 Å². The van der Waals surface area contributed by atoms with Crippen molar-refractivity contribution in [2.24, 2.45) is 0 Å². The Kier molecular flexibility index (Phi) is 2.74. The van der Waals surface area contributed by atoms with E-state index >= 15 is 0 Å². The first kappa shape index (κ1) is 11.8. The molecule has 4 aromatic rings. The summed E-state index contributed by atoms with van der Waals surface area (Å²) >= 11 is 0. The maximum absolute atomic E-state index is 5.79. The maximum Gasteiger partial charge on any atom is 0.199 e. The van der Waals surface area contributed by atoms with E-state index in [0.29, 0.717) is 6.42 Å². The Labute approximate surface area is 120 Å². The monoisotopic (exact) mass is 276 g/mol. The highest BCUT2D eigenvalue weighted by Gasteiger charge is 2.08. The Bertz CT molecular complexity index is 866. The molecule has 5 heteroatoms. The van der Waals surface area contributed by atoms with Crippen LogP contribution in [0.2, 0.25) is 0 Å². The molecule has 0 atom stereocenters. The highest BCUT2D eigenvalue weighted by atomic mass is 16.3. The summed E-state index contributed by atoms with van der Waals surface area (Å²) in [7, 11) is 0. The number of aromatic nitrogens is 4. The summed E-state index contributed by atoms with van der Waals surface area (Å²) in [5, 5.41) is 7.62. The average molecular weight is 276 g/mol. The predicted octanol–water partition coefficient (Wildman–Crippen LogP) is 3.00. The SMILES string of the molecule is c1ccc(Cc2nc3cc(-n4cnnc4)ccc3o2)cc1. The molecule has 0 saturated heterocycles. The molecule has 0 unspecified atom stereocenters. The van der Waals surface area contributed by atoms with E-state index in [0.717, 1.165) is 22.7 Å². The van der Waals surface area contributed by atoms with Crippen LogP contribution in [0.3, 0.4) is 0 Å². The maximum atomic E-state index is 5.79. The van der Waals surface area contributed by atoms with Gasteiger partial charge in [0.25, 0.3) is 0 Å².